The van der Waals surface area contributed by atoms with E-state index in [1.165, 1.54) is 12.8 Å². The highest BCUT2D eigenvalue weighted by Crippen LogP contribution is 2.30. The molecule has 3 N–H and O–H groups in total. The number of aromatic nitrogens is 1. The zero-order valence-electron chi connectivity index (χ0n) is 12.1. The van der Waals surface area contributed by atoms with Gasteiger partial charge in [-0.3, -0.25) is 4.79 Å². The van der Waals surface area contributed by atoms with Crippen molar-refractivity contribution in [1.29, 1.82) is 0 Å². The molecule has 0 radical (unpaired) electrons. The fraction of sp³-hybridized carbons (Fsp3) is 0.600. The largest absolute Gasteiger partial charge is 0.351 e. The Morgan fingerprint density at radius 1 is 1.24 bits per heavy atom. The minimum Gasteiger partial charge on any atom is -0.351 e. The van der Waals surface area contributed by atoms with Gasteiger partial charge < -0.3 is 20.5 Å². The van der Waals surface area contributed by atoms with Gasteiger partial charge in [0.25, 0.3) is 5.91 Å². The maximum Gasteiger partial charge on any atom is 0.314 e. The van der Waals surface area contributed by atoms with Crippen molar-refractivity contribution in [3.8, 4) is 0 Å². The average molecular weight is 290 g/mol. The second-order valence-corrected chi connectivity index (χ2v) is 5.98. The van der Waals surface area contributed by atoms with Crippen LogP contribution < -0.4 is 11.1 Å². The van der Waals surface area contributed by atoms with Crippen LogP contribution in [0.15, 0.2) is 18.3 Å². The van der Waals surface area contributed by atoms with E-state index in [1.807, 2.05) is 18.3 Å². The minimum atomic E-state index is -0.416. The first-order chi connectivity index (χ1) is 10.1. The smallest absolute Gasteiger partial charge is 0.314 e. The second kappa shape index (κ2) is 5.79. The SMILES string of the molecule is NC(=O)N1CCC(NC(=O)c2cccn2C2CCCC2)C1. The fourth-order valence-corrected chi connectivity index (χ4v) is 3.42. The van der Waals surface area contributed by atoms with Crippen molar-refractivity contribution in [3.05, 3.63) is 24.0 Å². The number of primary amides is 1. The van der Waals surface area contributed by atoms with Crippen LogP contribution in [0, 0.1) is 0 Å². The number of likely N-dealkylation sites (tertiary alicyclic amines) is 1. The van der Waals surface area contributed by atoms with Crippen molar-refractivity contribution < 1.29 is 9.59 Å². The number of amides is 3. The molecule has 1 aromatic rings. The van der Waals surface area contributed by atoms with Gasteiger partial charge in [0.1, 0.15) is 5.69 Å². The van der Waals surface area contributed by atoms with Crippen LogP contribution in [0.3, 0.4) is 0 Å². The predicted molar refractivity (Wildman–Crippen MR) is 79.0 cm³/mol. The molecule has 2 heterocycles. The zero-order valence-corrected chi connectivity index (χ0v) is 12.1. The summed E-state index contributed by atoms with van der Waals surface area (Å²) in [6.45, 7) is 1.12. The van der Waals surface area contributed by atoms with Crippen molar-refractivity contribution in [3.63, 3.8) is 0 Å². The van der Waals surface area contributed by atoms with E-state index >= 15 is 0 Å². The Morgan fingerprint density at radius 2 is 2.00 bits per heavy atom. The van der Waals surface area contributed by atoms with E-state index in [2.05, 4.69) is 9.88 Å². The first-order valence-corrected chi connectivity index (χ1v) is 7.67. The normalized spacial score (nSPS) is 22.7. The van der Waals surface area contributed by atoms with Crippen LogP contribution >= 0.6 is 0 Å². The van der Waals surface area contributed by atoms with Crippen LogP contribution in [-0.2, 0) is 0 Å². The Hall–Kier alpha value is -1.98. The Bertz CT molecular complexity index is 534. The van der Waals surface area contributed by atoms with Gasteiger partial charge in [0.15, 0.2) is 0 Å². The molecule has 1 aromatic heterocycles. The molecule has 114 valence electrons. The first kappa shape index (κ1) is 14.0. The van der Waals surface area contributed by atoms with Gasteiger partial charge in [0.05, 0.1) is 0 Å². The van der Waals surface area contributed by atoms with Crippen molar-refractivity contribution in [1.82, 2.24) is 14.8 Å². The molecular formula is C15H22N4O2. The lowest BCUT2D eigenvalue weighted by Gasteiger charge is -2.18. The van der Waals surface area contributed by atoms with E-state index in [-0.39, 0.29) is 11.9 Å². The van der Waals surface area contributed by atoms with Crippen LogP contribution in [0.1, 0.15) is 48.6 Å². The molecule has 3 amide bonds. The average Bonchev–Trinajstić information content (AvgIpc) is 3.19. The molecule has 1 saturated carbocycles. The highest BCUT2D eigenvalue weighted by atomic mass is 16.2. The van der Waals surface area contributed by atoms with Gasteiger partial charge >= 0.3 is 6.03 Å². The lowest BCUT2D eigenvalue weighted by atomic mass is 10.2. The van der Waals surface area contributed by atoms with E-state index in [0.717, 1.165) is 25.0 Å². The highest BCUT2D eigenvalue weighted by molar-refractivity contribution is 5.93. The van der Waals surface area contributed by atoms with E-state index in [4.69, 9.17) is 5.73 Å². The summed E-state index contributed by atoms with van der Waals surface area (Å²) in [5, 5.41) is 3.02. The molecule has 6 heteroatoms. The number of nitrogens with zero attached hydrogens (tertiary/aromatic N) is 2. The number of hydrogen-bond acceptors (Lipinski definition) is 2. The van der Waals surface area contributed by atoms with E-state index in [1.54, 1.807) is 4.90 Å². The molecule has 1 unspecified atom stereocenters. The van der Waals surface area contributed by atoms with Crippen LogP contribution in [0.25, 0.3) is 0 Å². The maximum absolute atomic E-state index is 12.4. The van der Waals surface area contributed by atoms with Crippen LogP contribution in [0.5, 0.6) is 0 Å². The van der Waals surface area contributed by atoms with Gasteiger partial charge in [-0.1, -0.05) is 12.8 Å². The molecule has 1 aliphatic heterocycles. The van der Waals surface area contributed by atoms with Gasteiger partial charge in [0.2, 0.25) is 0 Å². The topological polar surface area (TPSA) is 80.4 Å². The van der Waals surface area contributed by atoms with Crippen molar-refractivity contribution in [2.75, 3.05) is 13.1 Å². The van der Waals surface area contributed by atoms with Crippen LogP contribution in [-0.4, -0.2) is 40.5 Å². The summed E-state index contributed by atoms with van der Waals surface area (Å²) in [6, 6.07) is 3.83. The predicted octanol–water partition coefficient (Wildman–Crippen LogP) is 1.49. The van der Waals surface area contributed by atoms with E-state index in [0.29, 0.717) is 19.1 Å². The van der Waals surface area contributed by atoms with E-state index < -0.39 is 6.03 Å². The second-order valence-electron chi connectivity index (χ2n) is 5.98. The molecule has 1 aliphatic carbocycles. The molecule has 2 fully saturated rings. The molecule has 0 aromatic carbocycles. The summed E-state index contributed by atoms with van der Waals surface area (Å²) in [6.07, 6.45) is 7.52. The third-order valence-corrected chi connectivity index (χ3v) is 4.56. The molecular weight excluding hydrogens is 268 g/mol. The van der Waals surface area contributed by atoms with Gasteiger partial charge in [-0.2, -0.15) is 0 Å². The fourth-order valence-electron chi connectivity index (χ4n) is 3.42. The maximum atomic E-state index is 12.4. The van der Waals surface area contributed by atoms with Gasteiger partial charge in [0, 0.05) is 31.4 Å². The number of rotatable bonds is 3. The Balaban J connectivity index is 1.64. The molecule has 0 bridgehead atoms. The van der Waals surface area contributed by atoms with E-state index in [9.17, 15) is 9.59 Å². The molecule has 1 atom stereocenters. The summed E-state index contributed by atoms with van der Waals surface area (Å²) >= 11 is 0. The lowest BCUT2D eigenvalue weighted by Crippen LogP contribution is -2.40. The number of urea groups is 1. The number of carbonyl (C=O) groups is 2. The third-order valence-electron chi connectivity index (χ3n) is 4.56. The summed E-state index contributed by atoms with van der Waals surface area (Å²) in [4.78, 5) is 25.1. The summed E-state index contributed by atoms with van der Waals surface area (Å²) in [7, 11) is 0. The number of carbonyl (C=O) groups excluding carboxylic acids is 2. The highest BCUT2D eigenvalue weighted by Gasteiger charge is 2.28. The first-order valence-electron chi connectivity index (χ1n) is 7.67. The summed E-state index contributed by atoms with van der Waals surface area (Å²) in [5.41, 5.74) is 5.98. The van der Waals surface area contributed by atoms with Crippen LogP contribution in [0.4, 0.5) is 4.79 Å². The van der Waals surface area contributed by atoms with Gasteiger partial charge in [-0.25, -0.2) is 4.79 Å². The monoisotopic (exact) mass is 290 g/mol. The van der Waals surface area contributed by atoms with Gasteiger partial charge in [-0.05, 0) is 31.4 Å². The van der Waals surface area contributed by atoms with Crippen molar-refractivity contribution in [2.24, 2.45) is 5.73 Å². The summed E-state index contributed by atoms with van der Waals surface area (Å²) < 4.78 is 2.10. The molecule has 1 saturated heterocycles. The minimum absolute atomic E-state index is 0.00284. The number of nitrogens with two attached hydrogens (primary N) is 1. The van der Waals surface area contributed by atoms with Crippen LogP contribution in [0.2, 0.25) is 0 Å². The zero-order chi connectivity index (χ0) is 14.8. The third kappa shape index (κ3) is 2.89. The lowest BCUT2D eigenvalue weighted by molar-refractivity contribution is 0.0926. The van der Waals surface area contributed by atoms with Gasteiger partial charge in [-0.15, -0.1) is 0 Å². The molecule has 3 rings (SSSR count). The van der Waals surface area contributed by atoms with Crippen molar-refractivity contribution in [2.45, 2.75) is 44.2 Å². The molecule has 6 nitrogen and oxygen atoms in total. The molecule has 21 heavy (non-hydrogen) atoms. The molecule has 0 spiro atoms. The Kier molecular flexibility index (Phi) is 3.86. The Morgan fingerprint density at radius 3 is 2.67 bits per heavy atom. The standard InChI is InChI=1S/C15H22N4O2/c16-15(21)18-9-7-11(10-18)17-14(20)13-6-3-8-19(13)12-4-1-2-5-12/h3,6,8,11-12H,1-2,4-5,7,9-10H2,(H2,16,21)(H,17,20). The Labute approximate surface area is 124 Å². The number of nitrogens with one attached hydrogen (secondary N) is 1. The summed E-state index contributed by atoms with van der Waals surface area (Å²) in [5.74, 6) is -0.0526. The molecule has 2 aliphatic rings. The number of hydrogen-bond donors (Lipinski definition) is 2. The quantitative estimate of drug-likeness (QED) is 0.884. The van der Waals surface area contributed by atoms with Crippen molar-refractivity contribution >= 4 is 11.9 Å².